The summed E-state index contributed by atoms with van der Waals surface area (Å²) < 4.78 is 0. The lowest BCUT2D eigenvalue weighted by Gasteiger charge is -2.27. The number of benzene rings is 1. The number of hydrogen-bond donors (Lipinski definition) is 2. The van der Waals surface area contributed by atoms with Crippen LogP contribution in [0.3, 0.4) is 0 Å². The van der Waals surface area contributed by atoms with Gasteiger partial charge in [-0.15, -0.1) is 0 Å². The number of nitrogens with zero attached hydrogens (tertiary/aromatic N) is 1. The zero-order valence-electron chi connectivity index (χ0n) is 13.3. The maximum Gasteiger partial charge on any atom is 0.242 e. The van der Waals surface area contributed by atoms with Gasteiger partial charge in [-0.25, -0.2) is 0 Å². The molecule has 22 heavy (non-hydrogen) atoms. The highest BCUT2D eigenvalue weighted by Crippen LogP contribution is 2.08. The van der Waals surface area contributed by atoms with Crippen molar-refractivity contribution in [3.05, 3.63) is 35.9 Å². The summed E-state index contributed by atoms with van der Waals surface area (Å²) in [5.41, 5.74) is 1.04. The van der Waals surface area contributed by atoms with Crippen LogP contribution >= 0.6 is 0 Å². The van der Waals surface area contributed by atoms with E-state index in [1.807, 2.05) is 44.2 Å². The van der Waals surface area contributed by atoms with Crippen molar-refractivity contribution in [1.29, 1.82) is 0 Å². The zero-order valence-corrected chi connectivity index (χ0v) is 13.3. The zero-order chi connectivity index (χ0) is 16.5. The van der Waals surface area contributed by atoms with Crippen LogP contribution in [0.5, 0.6) is 0 Å². The molecule has 0 aromatic heterocycles. The van der Waals surface area contributed by atoms with Gasteiger partial charge < -0.3 is 15.5 Å². The first-order valence-corrected chi connectivity index (χ1v) is 7.24. The molecule has 6 heteroatoms. The van der Waals surface area contributed by atoms with E-state index in [1.165, 1.54) is 6.92 Å². The van der Waals surface area contributed by atoms with Gasteiger partial charge in [-0.05, 0) is 19.4 Å². The number of carbonyl (C=O) groups excluding carboxylic acids is 3. The topological polar surface area (TPSA) is 78.5 Å². The number of amides is 3. The standard InChI is InChI=1S/C16H23N3O3/c1-12(2)19(11-14-7-5-4-6-8-14)16(22)10-18-15(21)9-17-13(3)20/h4-8,12H,9-11H2,1-3H3,(H,17,20)(H,18,21). The lowest BCUT2D eigenvalue weighted by atomic mass is 10.2. The number of carbonyl (C=O) groups is 3. The molecule has 120 valence electrons. The highest BCUT2D eigenvalue weighted by molar-refractivity contribution is 5.87. The summed E-state index contributed by atoms with van der Waals surface area (Å²) in [6.45, 7) is 5.49. The molecule has 0 bridgehead atoms. The predicted molar refractivity (Wildman–Crippen MR) is 83.8 cm³/mol. The molecule has 0 unspecified atom stereocenters. The van der Waals surface area contributed by atoms with Crippen molar-refractivity contribution in [3.8, 4) is 0 Å². The molecular weight excluding hydrogens is 282 g/mol. The first-order chi connectivity index (χ1) is 10.4. The molecule has 0 aliphatic heterocycles. The van der Waals surface area contributed by atoms with Gasteiger partial charge in [-0.2, -0.15) is 0 Å². The van der Waals surface area contributed by atoms with Crippen LogP contribution in [-0.2, 0) is 20.9 Å². The Hall–Kier alpha value is -2.37. The van der Waals surface area contributed by atoms with Crippen LogP contribution in [0.15, 0.2) is 30.3 Å². The molecule has 6 nitrogen and oxygen atoms in total. The Kier molecular flexibility index (Phi) is 7.08. The minimum absolute atomic E-state index is 0.0277. The molecule has 0 aliphatic carbocycles. The minimum Gasteiger partial charge on any atom is -0.347 e. The van der Waals surface area contributed by atoms with E-state index in [2.05, 4.69) is 10.6 Å². The van der Waals surface area contributed by atoms with Crippen LogP contribution < -0.4 is 10.6 Å². The average molecular weight is 305 g/mol. The Morgan fingerprint density at radius 1 is 1.05 bits per heavy atom. The van der Waals surface area contributed by atoms with Crippen molar-refractivity contribution in [2.75, 3.05) is 13.1 Å². The Bertz CT molecular complexity index is 515. The molecule has 0 aliphatic rings. The molecule has 0 saturated heterocycles. The largest absolute Gasteiger partial charge is 0.347 e. The summed E-state index contributed by atoms with van der Waals surface area (Å²) in [5, 5.41) is 4.90. The lowest BCUT2D eigenvalue weighted by Crippen LogP contribution is -2.45. The Morgan fingerprint density at radius 2 is 1.68 bits per heavy atom. The van der Waals surface area contributed by atoms with Crippen LogP contribution in [0.2, 0.25) is 0 Å². The summed E-state index contributed by atoms with van der Waals surface area (Å²) in [6, 6.07) is 9.71. The Balaban J connectivity index is 2.52. The van der Waals surface area contributed by atoms with E-state index in [4.69, 9.17) is 0 Å². The second-order valence-corrected chi connectivity index (χ2v) is 5.29. The fourth-order valence-corrected chi connectivity index (χ4v) is 1.88. The van der Waals surface area contributed by atoms with E-state index in [0.29, 0.717) is 6.54 Å². The first kappa shape index (κ1) is 17.7. The molecule has 0 fully saturated rings. The molecule has 0 saturated carbocycles. The molecule has 1 aromatic rings. The van der Waals surface area contributed by atoms with Crippen LogP contribution in [0.1, 0.15) is 26.3 Å². The van der Waals surface area contributed by atoms with E-state index in [1.54, 1.807) is 4.90 Å². The third-order valence-corrected chi connectivity index (χ3v) is 3.07. The minimum atomic E-state index is -0.382. The van der Waals surface area contributed by atoms with E-state index in [9.17, 15) is 14.4 Å². The maximum absolute atomic E-state index is 12.3. The SMILES string of the molecule is CC(=O)NCC(=O)NCC(=O)N(Cc1ccccc1)C(C)C. The second-order valence-electron chi connectivity index (χ2n) is 5.29. The van der Waals surface area contributed by atoms with Crippen molar-refractivity contribution in [2.24, 2.45) is 0 Å². The second kappa shape index (κ2) is 8.81. The highest BCUT2D eigenvalue weighted by Gasteiger charge is 2.17. The molecule has 1 rings (SSSR count). The molecule has 3 amide bonds. The Morgan fingerprint density at radius 3 is 2.23 bits per heavy atom. The predicted octanol–water partition coefficient (Wildman–Crippen LogP) is 0.676. The van der Waals surface area contributed by atoms with Crippen LogP contribution in [0.4, 0.5) is 0 Å². The van der Waals surface area contributed by atoms with Crippen LogP contribution in [-0.4, -0.2) is 41.8 Å². The van der Waals surface area contributed by atoms with Gasteiger partial charge in [0, 0.05) is 19.5 Å². The van der Waals surface area contributed by atoms with E-state index >= 15 is 0 Å². The van der Waals surface area contributed by atoms with Crippen molar-refractivity contribution >= 4 is 17.7 Å². The van der Waals surface area contributed by atoms with Crippen LogP contribution in [0, 0.1) is 0 Å². The third kappa shape index (κ3) is 6.39. The summed E-state index contributed by atoms with van der Waals surface area (Å²) >= 11 is 0. The van der Waals surface area contributed by atoms with Gasteiger partial charge in [-0.3, -0.25) is 14.4 Å². The van der Waals surface area contributed by atoms with Crippen molar-refractivity contribution < 1.29 is 14.4 Å². The third-order valence-electron chi connectivity index (χ3n) is 3.07. The van der Waals surface area contributed by atoms with E-state index in [0.717, 1.165) is 5.56 Å². The average Bonchev–Trinajstić information content (AvgIpc) is 2.48. The van der Waals surface area contributed by atoms with Gasteiger partial charge in [0.1, 0.15) is 0 Å². The summed E-state index contributed by atoms with van der Waals surface area (Å²) in [5.74, 6) is -0.823. The van der Waals surface area contributed by atoms with Crippen molar-refractivity contribution in [1.82, 2.24) is 15.5 Å². The van der Waals surface area contributed by atoms with E-state index in [-0.39, 0.29) is 36.9 Å². The monoisotopic (exact) mass is 305 g/mol. The van der Waals surface area contributed by atoms with Gasteiger partial charge in [0.15, 0.2) is 0 Å². The summed E-state index contributed by atoms with van der Waals surface area (Å²) in [6.07, 6.45) is 0. The van der Waals surface area contributed by atoms with Gasteiger partial charge in [0.2, 0.25) is 17.7 Å². The Labute approximate surface area is 130 Å². The van der Waals surface area contributed by atoms with Crippen LogP contribution in [0.25, 0.3) is 0 Å². The van der Waals surface area contributed by atoms with E-state index < -0.39 is 0 Å². The summed E-state index contributed by atoms with van der Waals surface area (Å²) in [4.78, 5) is 36.2. The summed E-state index contributed by atoms with van der Waals surface area (Å²) in [7, 11) is 0. The number of hydrogen-bond acceptors (Lipinski definition) is 3. The maximum atomic E-state index is 12.3. The molecule has 0 radical (unpaired) electrons. The first-order valence-electron chi connectivity index (χ1n) is 7.24. The van der Waals surface area contributed by atoms with Gasteiger partial charge in [0.25, 0.3) is 0 Å². The molecule has 0 atom stereocenters. The normalized spacial score (nSPS) is 10.2. The molecular formula is C16H23N3O3. The lowest BCUT2D eigenvalue weighted by molar-refractivity contribution is -0.134. The van der Waals surface area contributed by atoms with Gasteiger partial charge in [-0.1, -0.05) is 30.3 Å². The fraction of sp³-hybridized carbons (Fsp3) is 0.438. The fourth-order valence-electron chi connectivity index (χ4n) is 1.88. The van der Waals surface area contributed by atoms with Crippen molar-refractivity contribution in [3.63, 3.8) is 0 Å². The molecule has 1 aromatic carbocycles. The molecule has 2 N–H and O–H groups in total. The molecule has 0 heterocycles. The smallest absolute Gasteiger partial charge is 0.242 e. The molecule has 0 spiro atoms. The quantitative estimate of drug-likeness (QED) is 0.777. The van der Waals surface area contributed by atoms with Crippen molar-refractivity contribution in [2.45, 2.75) is 33.4 Å². The van der Waals surface area contributed by atoms with Gasteiger partial charge >= 0.3 is 0 Å². The van der Waals surface area contributed by atoms with Gasteiger partial charge in [0.05, 0.1) is 13.1 Å². The number of rotatable bonds is 7. The number of nitrogens with one attached hydrogen (secondary N) is 2. The highest BCUT2D eigenvalue weighted by atomic mass is 16.2.